The molecule has 0 spiro atoms. The number of hydrogen-bond donors (Lipinski definition) is 0. The highest BCUT2D eigenvalue weighted by molar-refractivity contribution is 5.88. The standard InChI is InChI=1S/C9H16O3/c1-4-8(5-2)9(10)12-7-6-11-3/h4H,5-7H2,1-3H3. The summed E-state index contributed by atoms with van der Waals surface area (Å²) >= 11 is 0. The number of allylic oxidation sites excluding steroid dienone is 1. The topological polar surface area (TPSA) is 35.5 Å². The summed E-state index contributed by atoms with van der Waals surface area (Å²) in [4.78, 5) is 11.1. The molecular weight excluding hydrogens is 156 g/mol. The van der Waals surface area contributed by atoms with Crippen LogP contribution in [-0.4, -0.2) is 26.3 Å². The third kappa shape index (κ3) is 4.13. The van der Waals surface area contributed by atoms with Crippen molar-refractivity contribution in [2.45, 2.75) is 20.3 Å². The fraction of sp³-hybridized carbons (Fsp3) is 0.667. The summed E-state index contributed by atoms with van der Waals surface area (Å²) in [5, 5.41) is 0. The Hall–Kier alpha value is -0.830. The number of methoxy groups -OCH3 is 1. The molecule has 0 atom stereocenters. The van der Waals surface area contributed by atoms with E-state index >= 15 is 0 Å². The van der Waals surface area contributed by atoms with Crippen LogP contribution in [0.4, 0.5) is 0 Å². The molecule has 0 fully saturated rings. The highest BCUT2D eigenvalue weighted by Gasteiger charge is 2.06. The third-order valence-corrected chi connectivity index (χ3v) is 1.51. The van der Waals surface area contributed by atoms with Crippen LogP contribution in [0.3, 0.4) is 0 Å². The first kappa shape index (κ1) is 11.2. The second-order valence-electron chi connectivity index (χ2n) is 2.30. The second kappa shape index (κ2) is 6.85. The molecule has 0 aromatic heterocycles. The van der Waals surface area contributed by atoms with Crippen LogP contribution < -0.4 is 0 Å². The Bertz CT molecular complexity index is 161. The quantitative estimate of drug-likeness (QED) is 0.358. The number of ether oxygens (including phenoxy) is 2. The van der Waals surface area contributed by atoms with E-state index in [2.05, 4.69) is 0 Å². The van der Waals surface area contributed by atoms with Gasteiger partial charge in [0, 0.05) is 12.7 Å². The Morgan fingerprint density at radius 3 is 2.50 bits per heavy atom. The SMILES string of the molecule is CC=C(CC)C(=O)OCCOC. The Morgan fingerprint density at radius 1 is 1.42 bits per heavy atom. The van der Waals surface area contributed by atoms with E-state index in [1.165, 1.54) is 0 Å². The predicted molar refractivity (Wildman–Crippen MR) is 46.9 cm³/mol. The van der Waals surface area contributed by atoms with E-state index < -0.39 is 0 Å². The summed E-state index contributed by atoms with van der Waals surface area (Å²) in [6.07, 6.45) is 2.48. The predicted octanol–water partition coefficient (Wildman–Crippen LogP) is 1.53. The smallest absolute Gasteiger partial charge is 0.333 e. The highest BCUT2D eigenvalue weighted by Crippen LogP contribution is 2.02. The highest BCUT2D eigenvalue weighted by atomic mass is 16.6. The Labute approximate surface area is 73.4 Å². The number of carbonyl (C=O) groups excluding carboxylic acids is 1. The normalized spacial score (nSPS) is 11.4. The van der Waals surface area contributed by atoms with E-state index in [-0.39, 0.29) is 5.97 Å². The van der Waals surface area contributed by atoms with E-state index in [1.54, 1.807) is 13.2 Å². The van der Waals surface area contributed by atoms with Gasteiger partial charge >= 0.3 is 5.97 Å². The zero-order chi connectivity index (χ0) is 9.40. The lowest BCUT2D eigenvalue weighted by Gasteiger charge is -2.04. The van der Waals surface area contributed by atoms with Crippen molar-refractivity contribution < 1.29 is 14.3 Å². The van der Waals surface area contributed by atoms with Gasteiger partial charge in [0.25, 0.3) is 0 Å². The maximum absolute atomic E-state index is 11.1. The van der Waals surface area contributed by atoms with Crippen LogP contribution in [0.2, 0.25) is 0 Å². The van der Waals surface area contributed by atoms with E-state index in [9.17, 15) is 4.79 Å². The molecule has 0 unspecified atom stereocenters. The van der Waals surface area contributed by atoms with E-state index in [1.807, 2.05) is 13.8 Å². The molecule has 0 aliphatic carbocycles. The monoisotopic (exact) mass is 172 g/mol. The summed E-state index contributed by atoms with van der Waals surface area (Å²) in [6.45, 7) is 4.53. The molecule has 12 heavy (non-hydrogen) atoms. The van der Waals surface area contributed by atoms with E-state index in [0.717, 1.165) is 0 Å². The second-order valence-corrected chi connectivity index (χ2v) is 2.30. The Morgan fingerprint density at radius 2 is 2.08 bits per heavy atom. The molecule has 0 N–H and O–H groups in total. The van der Waals surface area contributed by atoms with Gasteiger partial charge in [0.15, 0.2) is 0 Å². The van der Waals surface area contributed by atoms with Gasteiger partial charge in [0.1, 0.15) is 6.61 Å². The summed E-state index contributed by atoms with van der Waals surface area (Å²) in [6, 6.07) is 0. The minimum Gasteiger partial charge on any atom is -0.460 e. The number of esters is 1. The van der Waals surface area contributed by atoms with E-state index in [0.29, 0.717) is 25.2 Å². The van der Waals surface area contributed by atoms with Crippen molar-refractivity contribution in [2.75, 3.05) is 20.3 Å². The molecule has 3 nitrogen and oxygen atoms in total. The van der Waals surface area contributed by atoms with Crippen molar-refractivity contribution in [2.24, 2.45) is 0 Å². The number of rotatable bonds is 5. The van der Waals surface area contributed by atoms with Crippen LogP contribution in [0, 0.1) is 0 Å². The van der Waals surface area contributed by atoms with Crippen molar-refractivity contribution in [1.29, 1.82) is 0 Å². The minimum atomic E-state index is -0.239. The lowest BCUT2D eigenvalue weighted by Crippen LogP contribution is -2.11. The molecule has 0 bridgehead atoms. The minimum absolute atomic E-state index is 0.239. The number of carbonyl (C=O) groups is 1. The zero-order valence-electron chi connectivity index (χ0n) is 7.92. The molecule has 0 aliphatic heterocycles. The van der Waals surface area contributed by atoms with Gasteiger partial charge in [-0.2, -0.15) is 0 Å². The van der Waals surface area contributed by atoms with Crippen LogP contribution in [-0.2, 0) is 14.3 Å². The molecule has 0 radical (unpaired) electrons. The van der Waals surface area contributed by atoms with Gasteiger partial charge in [-0.3, -0.25) is 0 Å². The van der Waals surface area contributed by atoms with Crippen LogP contribution in [0.15, 0.2) is 11.6 Å². The van der Waals surface area contributed by atoms with Crippen LogP contribution >= 0.6 is 0 Å². The lowest BCUT2D eigenvalue weighted by molar-refractivity contribution is -0.140. The third-order valence-electron chi connectivity index (χ3n) is 1.51. The molecule has 0 aliphatic rings. The fourth-order valence-electron chi connectivity index (χ4n) is 0.777. The van der Waals surface area contributed by atoms with Crippen molar-refractivity contribution in [3.8, 4) is 0 Å². The average Bonchev–Trinajstić information content (AvgIpc) is 2.07. The van der Waals surface area contributed by atoms with Gasteiger partial charge in [0.05, 0.1) is 6.61 Å². The Balaban J connectivity index is 3.71. The Kier molecular flexibility index (Phi) is 6.38. The zero-order valence-corrected chi connectivity index (χ0v) is 7.92. The van der Waals surface area contributed by atoms with Gasteiger partial charge in [0.2, 0.25) is 0 Å². The fourth-order valence-corrected chi connectivity index (χ4v) is 0.777. The molecule has 0 aromatic rings. The van der Waals surface area contributed by atoms with Crippen LogP contribution in [0.25, 0.3) is 0 Å². The molecule has 0 heterocycles. The maximum atomic E-state index is 11.1. The van der Waals surface area contributed by atoms with Gasteiger partial charge in [-0.15, -0.1) is 0 Å². The first-order valence-corrected chi connectivity index (χ1v) is 4.07. The molecule has 0 aromatic carbocycles. The molecule has 0 saturated carbocycles. The summed E-state index contributed by atoms with van der Waals surface area (Å²) in [5.41, 5.74) is 0.714. The van der Waals surface area contributed by atoms with Crippen molar-refractivity contribution in [1.82, 2.24) is 0 Å². The molecular formula is C9H16O3. The summed E-state index contributed by atoms with van der Waals surface area (Å²) < 4.78 is 9.64. The molecule has 3 heteroatoms. The molecule has 70 valence electrons. The largest absolute Gasteiger partial charge is 0.460 e. The van der Waals surface area contributed by atoms with E-state index in [4.69, 9.17) is 9.47 Å². The van der Waals surface area contributed by atoms with Gasteiger partial charge in [-0.1, -0.05) is 13.0 Å². The molecule has 0 rings (SSSR count). The van der Waals surface area contributed by atoms with Crippen LogP contribution in [0.5, 0.6) is 0 Å². The van der Waals surface area contributed by atoms with Crippen LogP contribution in [0.1, 0.15) is 20.3 Å². The summed E-state index contributed by atoms with van der Waals surface area (Å²) in [7, 11) is 1.57. The van der Waals surface area contributed by atoms with Gasteiger partial charge < -0.3 is 9.47 Å². The molecule has 0 amide bonds. The first-order valence-electron chi connectivity index (χ1n) is 4.07. The lowest BCUT2D eigenvalue weighted by atomic mass is 10.2. The molecule has 0 saturated heterocycles. The summed E-state index contributed by atoms with van der Waals surface area (Å²) in [5.74, 6) is -0.239. The number of hydrogen-bond acceptors (Lipinski definition) is 3. The maximum Gasteiger partial charge on any atom is 0.333 e. The van der Waals surface area contributed by atoms with Crippen molar-refractivity contribution in [3.63, 3.8) is 0 Å². The van der Waals surface area contributed by atoms with Crippen molar-refractivity contribution >= 4 is 5.97 Å². The van der Waals surface area contributed by atoms with Crippen molar-refractivity contribution in [3.05, 3.63) is 11.6 Å². The average molecular weight is 172 g/mol. The van der Waals surface area contributed by atoms with Gasteiger partial charge in [-0.25, -0.2) is 4.79 Å². The first-order chi connectivity index (χ1) is 5.76. The van der Waals surface area contributed by atoms with Gasteiger partial charge in [-0.05, 0) is 13.3 Å².